The number of hydrogen-bond acceptors (Lipinski definition) is 9. The highest BCUT2D eigenvalue weighted by molar-refractivity contribution is 8.00. The predicted octanol–water partition coefficient (Wildman–Crippen LogP) is 3.92. The number of hydrogen-bond donors (Lipinski definition) is 1. The van der Waals surface area contributed by atoms with E-state index in [4.69, 9.17) is 9.47 Å². The molecule has 3 aromatic rings. The minimum Gasteiger partial charge on any atom is -0.465 e. The number of benzene rings is 1. The summed E-state index contributed by atoms with van der Waals surface area (Å²) in [5.74, 6) is -0.870. The molecule has 8 nitrogen and oxygen atoms in total. The molecule has 0 unspecified atom stereocenters. The van der Waals surface area contributed by atoms with Crippen molar-refractivity contribution < 1.29 is 23.9 Å². The van der Waals surface area contributed by atoms with Gasteiger partial charge in [0.25, 0.3) is 0 Å². The Kier molecular flexibility index (Phi) is 6.91. The van der Waals surface area contributed by atoms with Gasteiger partial charge in [-0.25, -0.2) is 19.6 Å². The van der Waals surface area contributed by atoms with E-state index in [1.165, 1.54) is 44.2 Å². The number of esters is 2. The molecule has 0 spiro atoms. The van der Waals surface area contributed by atoms with Gasteiger partial charge in [-0.05, 0) is 44.5 Å². The van der Waals surface area contributed by atoms with Gasteiger partial charge in [0.05, 0.1) is 36.8 Å². The number of thioether (sulfide) groups is 1. The fourth-order valence-electron chi connectivity index (χ4n) is 2.92. The minimum absolute atomic E-state index is 0.0585. The highest BCUT2D eigenvalue weighted by Crippen LogP contribution is 2.35. The lowest BCUT2D eigenvalue weighted by molar-refractivity contribution is -0.113. The monoisotopic (exact) mass is 459 g/mol. The molecule has 3 rings (SSSR count). The van der Waals surface area contributed by atoms with Crippen LogP contribution in [0.15, 0.2) is 23.2 Å². The number of amides is 1. The molecule has 0 saturated heterocycles. The first-order chi connectivity index (χ1) is 14.7. The van der Waals surface area contributed by atoms with Crippen molar-refractivity contribution in [1.29, 1.82) is 0 Å². The fourth-order valence-corrected chi connectivity index (χ4v) is 4.99. The van der Waals surface area contributed by atoms with E-state index in [0.717, 1.165) is 25.7 Å². The van der Waals surface area contributed by atoms with Crippen molar-refractivity contribution in [3.8, 4) is 0 Å². The molecule has 0 aliphatic carbocycles. The van der Waals surface area contributed by atoms with Gasteiger partial charge in [0.1, 0.15) is 15.7 Å². The Morgan fingerprint density at radius 3 is 2.45 bits per heavy atom. The lowest BCUT2D eigenvalue weighted by Crippen LogP contribution is -2.18. The molecule has 0 aliphatic heterocycles. The maximum atomic E-state index is 12.7. The van der Waals surface area contributed by atoms with Gasteiger partial charge in [-0.3, -0.25) is 4.79 Å². The number of ether oxygens (including phenoxy) is 2. The highest BCUT2D eigenvalue weighted by Gasteiger charge is 2.19. The van der Waals surface area contributed by atoms with Crippen LogP contribution in [0, 0.1) is 20.8 Å². The van der Waals surface area contributed by atoms with Gasteiger partial charge in [-0.1, -0.05) is 11.8 Å². The molecule has 0 bridgehead atoms. The molecular formula is C21H21N3O5S2. The van der Waals surface area contributed by atoms with E-state index in [9.17, 15) is 14.4 Å². The number of methoxy groups -OCH3 is 2. The Labute approximate surface area is 187 Å². The molecular weight excluding hydrogens is 438 g/mol. The van der Waals surface area contributed by atoms with Gasteiger partial charge in [0.15, 0.2) is 0 Å². The van der Waals surface area contributed by atoms with E-state index in [1.807, 2.05) is 20.8 Å². The number of nitrogens with zero attached hydrogens (tertiary/aromatic N) is 2. The van der Waals surface area contributed by atoms with Crippen molar-refractivity contribution in [2.45, 2.75) is 25.8 Å². The zero-order chi connectivity index (χ0) is 22.7. The van der Waals surface area contributed by atoms with Crippen LogP contribution >= 0.6 is 23.1 Å². The summed E-state index contributed by atoms with van der Waals surface area (Å²) in [6.45, 7) is 5.85. The van der Waals surface area contributed by atoms with E-state index in [0.29, 0.717) is 5.82 Å². The fraction of sp³-hybridized carbons (Fsp3) is 0.286. The highest BCUT2D eigenvalue weighted by atomic mass is 32.2. The molecule has 31 heavy (non-hydrogen) atoms. The Morgan fingerprint density at radius 1 is 1.06 bits per heavy atom. The number of carbonyl (C=O) groups excluding carboxylic acids is 3. The van der Waals surface area contributed by atoms with Crippen molar-refractivity contribution in [3.63, 3.8) is 0 Å². The molecule has 1 amide bonds. The normalized spacial score (nSPS) is 10.7. The SMILES string of the molecule is COC(=O)c1ccc(C(=O)OC)c(NC(=O)CSc2nc(C)nc3sc(C)c(C)c23)c1. The lowest BCUT2D eigenvalue weighted by Gasteiger charge is -2.11. The number of rotatable bonds is 6. The van der Waals surface area contributed by atoms with E-state index in [-0.39, 0.29) is 28.5 Å². The van der Waals surface area contributed by atoms with Gasteiger partial charge < -0.3 is 14.8 Å². The molecule has 0 atom stereocenters. The first-order valence-electron chi connectivity index (χ1n) is 9.22. The molecule has 1 N–H and O–H groups in total. The topological polar surface area (TPSA) is 107 Å². The number of anilines is 1. The van der Waals surface area contributed by atoms with Crippen LogP contribution in [0.4, 0.5) is 5.69 Å². The van der Waals surface area contributed by atoms with Gasteiger partial charge >= 0.3 is 11.9 Å². The van der Waals surface area contributed by atoms with Crippen LogP contribution in [-0.2, 0) is 14.3 Å². The molecule has 0 fully saturated rings. The van der Waals surface area contributed by atoms with Gasteiger partial charge in [-0.2, -0.15) is 0 Å². The Hall–Kier alpha value is -2.98. The van der Waals surface area contributed by atoms with Crippen molar-refractivity contribution >= 4 is 56.8 Å². The van der Waals surface area contributed by atoms with Crippen LogP contribution in [0.1, 0.15) is 37.0 Å². The Balaban J connectivity index is 1.84. The maximum absolute atomic E-state index is 12.7. The summed E-state index contributed by atoms with van der Waals surface area (Å²) in [4.78, 5) is 47.6. The zero-order valence-corrected chi connectivity index (χ0v) is 19.3. The third-order valence-corrected chi connectivity index (χ3v) is 6.64. The van der Waals surface area contributed by atoms with E-state index < -0.39 is 11.9 Å². The van der Waals surface area contributed by atoms with Crippen LogP contribution < -0.4 is 5.32 Å². The smallest absolute Gasteiger partial charge is 0.339 e. The maximum Gasteiger partial charge on any atom is 0.339 e. The molecule has 0 aliphatic rings. The standard InChI is InChI=1S/C21H21N3O5S2/c1-10-11(2)31-19-17(10)18(22-12(3)23-19)30-9-16(25)24-15-8-13(20(26)28-4)6-7-14(15)21(27)29-5/h6-8H,9H2,1-5H3,(H,24,25). The number of aryl methyl sites for hydroxylation is 3. The second kappa shape index (κ2) is 9.44. The van der Waals surface area contributed by atoms with Gasteiger partial charge in [0, 0.05) is 10.3 Å². The van der Waals surface area contributed by atoms with Crippen LogP contribution in [-0.4, -0.2) is 47.8 Å². The van der Waals surface area contributed by atoms with Gasteiger partial charge in [0.2, 0.25) is 5.91 Å². The second-order valence-corrected chi connectivity index (χ2v) is 8.79. The number of aromatic nitrogens is 2. The van der Waals surface area contributed by atoms with E-state index in [1.54, 1.807) is 11.3 Å². The van der Waals surface area contributed by atoms with E-state index in [2.05, 4.69) is 15.3 Å². The summed E-state index contributed by atoms with van der Waals surface area (Å²) >= 11 is 2.89. The summed E-state index contributed by atoms with van der Waals surface area (Å²) in [5, 5.41) is 4.37. The summed E-state index contributed by atoms with van der Waals surface area (Å²) in [6.07, 6.45) is 0. The summed E-state index contributed by atoms with van der Waals surface area (Å²) in [6, 6.07) is 4.24. The molecule has 0 saturated carbocycles. The first kappa shape index (κ1) is 22.7. The van der Waals surface area contributed by atoms with E-state index >= 15 is 0 Å². The van der Waals surface area contributed by atoms with Crippen molar-refractivity contribution in [1.82, 2.24) is 9.97 Å². The summed E-state index contributed by atoms with van der Waals surface area (Å²) in [5.41, 5.74) is 1.61. The third kappa shape index (κ3) is 4.86. The molecule has 162 valence electrons. The molecule has 0 radical (unpaired) electrons. The molecule has 10 heteroatoms. The Morgan fingerprint density at radius 2 is 1.77 bits per heavy atom. The Bertz CT molecular complexity index is 1190. The minimum atomic E-state index is -0.628. The van der Waals surface area contributed by atoms with Crippen LogP contribution in [0.2, 0.25) is 0 Å². The number of thiophene rings is 1. The first-order valence-corrected chi connectivity index (χ1v) is 11.0. The van der Waals surface area contributed by atoms with Crippen LogP contribution in [0.5, 0.6) is 0 Å². The number of carbonyl (C=O) groups is 3. The molecule has 2 heterocycles. The number of nitrogens with one attached hydrogen (secondary N) is 1. The average Bonchev–Trinajstić information content (AvgIpc) is 3.03. The largest absolute Gasteiger partial charge is 0.465 e. The average molecular weight is 460 g/mol. The van der Waals surface area contributed by atoms with Crippen molar-refractivity contribution in [2.75, 3.05) is 25.3 Å². The zero-order valence-electron chi connectivity index (χ0n) is 17.7. The third-order valence-electron chi connectivity index (χ3n) is 4.57. The second-order valence-electron chi connectivity index (χ2n) is 6.62. The number of fused-ring (bicyclic) bond motifs is 1. The van der Waals surface area contributed by atoms with Gasteiger partial charge in [-0.15, -0.1) is 11.3 Å². The quantitative estimate of drug-likeness (QED) is 0.336. The van der Waals surface area contributed by atoms with Crippen LogP contribution in [0.25, 0.3) is 10.2 Å². The predicted molar refractivity (Wildman–Crippen MR) is 120 cm³/mol. The van der Waals surface area contributed by atoms with Crippen molar-refractivity contribution in [2.24, 2.45) is 0 Å². The lowest BCUT2D eigenvalue weighted by atomic mass is 10.1. The molecule has 1 aromatic carbocycles. The summed E-state index contributed by atoms with van der Waals surface area (Å²) in [7, 11) is 2.50. The van der Waals surface area contributed by atoms with Crippen molar-refractivity contribution in [3.05, 3.63) is 45.6 Å². The summed E-state index contributed by atoms with van der Waals surface area (Å²) < 4.78 is 9.47. The molecule has 2 aromatic heterocycles. The van der Waals surface area contributed by atoms with Crippen LogP contribution in [0.3, 0.4) is 0 Å².